The molecule has 2 heterocycles. The van der Waals surface area contributed by atoms with Crippen LogP contribution in [0.3, 0.4) is 0 Å². The number of carbonyl (C=O) groups excluding carboxylic acids is 3. The fraction of sp³-hybridized carbons (Fsp3) is 0.167. The molecular formula is C36H33N4O3S+. The fourth-order valence-electron chi connectivity index (χ4n) is 5.51. The topological polar surface area (TPSA) is 73.6 Å². The average molecular weight is 602 g/mol. The van der Waals surface area contributed by atoms with E-state index in [9.17, 15) is 14.4 Å². The van der Waals surface area contributed by atoms with Crippen molar-refractivity contribution in [2.24, 2.45) is 0 Å². The van der Waals surface area contributed by atoms with Gasteiger partial charge in [0.2, 0.25) is 5.91 Å². The van der Waals surface area contributed by atoms with Crippen molar-refractivity contribution < 1.29 is 19.0 Å². The number of anilines is 2. The number of thioether (sulfide) groups is 1. The predicted octanol–water partition coefficient (Wildman–Crippen LogP) is 5.62. The molecule has 0 bridgehead atoms. The van der Waals surface area contributed by atoms with E-state index in [0.29, 0.717) is 25.0 Å². The number of benzene rings is 3. The van der Waals surface area contributed by atoms with Crippen LogP contribution in [-0.2, 0) is 14.4 Å². The van der Waals surface area contributed by atoms with Gasteiger partial charge in [-0.2, -0.15) is 4.57 Å². The molecule has 1 aliphatic carbocycles. The number of ketones is 2. The van der Waals surface area contributed by atoms with E-state index in [1.165, 1.54) is 28.8 Å². The van der Waals surface area contributed by atoms with Crippen molar-refractivity contribution in [1.29, 1.82) is 0 Å². The summed E-state index contributed by atoms with van der Waals surface area (Å²) in [4.78, 5) is 41.9. The third-order valence-electron chi connectivity index (χ3n) is 7.83. The lowest BCUT2D eigenvalue weighted by Gasteiger charge is -2.19. The Kier molecular flexibility index (Phi) is 8.43. The van der Waals surface area contributed by atoms with Gasteiger partial charge >= 0.3 is 0 Å². The van der Waals surface area contributed by atoms with Crippen LogP contribution in [0.1, 0.15) is 18.4 Å². The van der Waals surface area contributed by atoms with Crippen LogP contribution < -0.4 is 19.7 Å². The molecule has 0 saturated heterocycles. The monoisotopic (exact) mass is 601 g/mol. The number of allylic oxidation sites excluding steroid dienone is 3. The van der Waals surface area contributed by atoms with Crippen LogP contribution in [0.5, 0.6) is 0 Å². The van der Waals surface area contributed by atoms with Gasteiger partial charge in [0, 0.05) is 41.9 Å². The average Bonchev–Trinajstić information content (AvgIpc) is 3.36. The number of nitrogens with zero attached hydrogens (tertiary/aromatic N) is 3. The summed E-state index contributed by atoms with van der Waals surface area (Å²) in [6.07, 6.45) is 6.94. The van der Waals surface area contributed by atoms with Gasteiger partial charge in [-0.3, -0.25) is 19.3 Å². The molecule has 3 aromatic carbocycles. The molecule has 6 rings (SSSR count). The lowest BCUT2D eigenvalue weighted by atomic mass is 10.0. The zero-order valence-corrected chi connectivity index (χ0v) is 25.5. The maximum atomic E-state index is 12.6. The Morgan fingerprint density at radius 2 is 1.73 bits per heavy atom. The van der Waals surface area contributed by atoms with Crippen molar-refractivity contribution in [3.63, 3.8) is 0 Å². The largest absolute Gasteiger partial charge is 0.352 e. The molecule has 0 spiro atoms. The Morgan fingerprint density at radius 1 is 0.977 bits per heavy atom. The molecule has 220 valence electrons. The minimum atomic E-state index is -0.247. The molecular weight excluding hydrogens is 568 g/mol. The molecule has 1 N–H and O–H groups in total. The zero-order valence-electron chi connectivity index (χ0n) is 24.7. The lowest BCUT2D eigenvalue weighted by Crippen LogP contribution is -2.40. The van der Waals surface area contributed by atoms with Gasteiger partial charge in [0.15, 0.2) is 11.6 Å². The van der Waals surface area contributed by atoms with E-state index in [4.69, 9.17) is 0 Å². The summed E-state index contributed by atoms with van der Waals surface area (Å²) in [6, 6.07) is 29.4. The van der Waals surface area contributed by atoms with E-state index in [1.807, 2.05) is 25.2 Å². The second-order valence-corrected chi connectivity index (χ2v) is 11.9. The highest BCUT2D eigenvalue weighted by Crippen LogP contribution is 2.45. The SMILES string of the molecule is CN(CCCC(=O)NCC1=CC(=O)C=CC1=O)c1cc(/C=C2\Sc3ccccc3N2C)c2ccccc2[n+]1-c1ccccc1. The summed E-state index contributed by atoms with van der Waals surface area (Å²) >= 11 is 1.77. The number of carbonyl (C=O) groups is 3. The molecule has 0 atom stereocenters. The van der Waals surface area contributed by atoms with Crippen LogP contribution in [0.2, 0.25) is 0 Å². The van der Waals surface area contributed by atoms with Crippen LogP contribution in [0, 0.1) is 0 Å². The van der Waals surface area contributed by atoms with Gasteiger partial charge in [0.25, 0.3) is 5.82 Å². The first-order valence-electron chi connectivity index (χ1n) is 14.6. The van der Waals surface area contributed by atoms with Crippen molar-refractivity contribution in [1.82, 2.24) is 5.32 Å². The molecule has 1 amide bonds. The summed E-state index contributed by atoms with van der Waals surface area (Å²) in [5.74, 6) is 0.363. The van der Waals surface area contributed by atoms with Crippen molar-refractivity contribution in [3.05, 3.63) is 119 Å². The first kappa shape index (κ1) is 29.1. The van der Waals surface area contributed by atoms with Gasteiger partial charge in [-0.25, -0.2) is 0 Å². The normalized spacial score (nSPS) is 15.1. The number of amides is 1. The molecule has 4 aromatic rings. The van der Waals surface area contributed by atoms with E-state index >= 15 is 0 Å². The molecule has 0 fully saturated rings. The lowest BCUT2D eigenvalue weighted by molar-refractivity contribution is -0.553. The number of rotatable bonds is 9. The molecule has 7 nitrogen and oxygen atoms in total. The first-order chi connectivity index (χ1) is 21.4. The maximum absolute atomic E-state index is 12.6. The number of para-hydroxylation sites is 3. The van der Waals surface area contributed by atoms with E-state index in [1.54, 1.807) is 11.8 Å². The van der Waals surface area contributed by atoms with Gasteiger partial charge in [-0.15, -0.1) is 0 Å². The third-order valence-corrected chi connectivity index (χ3v) is 9.00. The van der Waals surface area contributed by atoms with E-state index < -0.39 is 0 Å². The Bertz CT molecular complexity index is 1860. The molecule has 0 radical (unpaired) electrons. The quantitative estimate of drug-likeness (QED) is 0.198. The minimum Gasteiger partial charge on any atom is -0.352 e. The summed E-state index contributed by atoms with van der Waals surface area (Å²) in [5, 5.41) is 5.09. The van der Waals surface area contributed by atoms with Crippen molar-refractivity contribution in [2.75, 3.05) is 37.0 Å². The number of aromatic nitrogens is 1. The standard InChI is InChI=1S/C36H32N4O3S/c1-38(20-10-17-34(43)37-24-26-21-28(41)18-19-32(26)42)35-22-25(23-36-39(2)31-15-8-9-16-33(31)44-36)29-13-6-7-14-30(29)40(35)27-11-4-3-5-12-27/h3-9,11-16,18-19,21-23H,10,17,20,24H2,1-2H3/p+1. The molecule has 44 heavy (non-hydrogen) atoms. The Labute approximate surface area is 261 Å². The minimum absolute atomic E-state index is 0.0522. The molecule has 1 aliphatic heterocycles. The number of hydrogen-bond acceptors (Lipinski definition) is 6. The molecule has 8 heteroatoms. The number of nitrogens with one attached hydrogen (secondary N) is 1. The second-order valence-electron chi connectivity index (χ2n) is 10.8. The second kappa shape index (κ2) is 12.7. The van der Waals surface area contributed by atoms with E-state index in [2.05, 4.69) is 99.5 Å². The van der Waals surface area contributed by atoms with Crippen LogP contribution in [0.4, 0.5) is 11.5 Å². The highest BCUT2D eigenvalue weighted by molar-refractivity contribution is 8.03. The van der Waals surface area contributed by atoms with Crippen molar-refractivity contribution in [3.8, 4) is 5.69 Å². The molecule has 0 unspecified atom stereocenters. The molecule has 0 saturated carbocycles. The van der Waals surface area contributed by atoms with Crippen LogP contribution >= 0.6 is 11.8 Å². The van der Waals surface area contributed by atoms with Crippen molar-refractivity contribution in [2.45, 2.75) is 17.7 Å². The number of fused-ring (bicyclic) bond motifs is 2. The van der Waals surface area contributed by atoms with E-state index in [0.717, 1.165) is 33.0 Å². The van der Waals surface area contributed by atoms with Crippen LogP contribution in [0.25, 0.3) is 22.7 Å². The van der Waals surface area contributed by atoms with Crippen LogP contribution in [-0.4, -0.2) is 44.7 Å². The summed E-state index contributed by atoms with van der Waals surface area (Å²) in [7, 11) is 4.15. The summed E-state index contributed by atoms with van der Waals surface area (Å²) in [6.45, 7) is 0.689. The summed E-state index contributed by atoms with van der Waals surface area (Å²) < 4.78 is 2.27. The Balaban J connectivity index is 1.27. The van der Waals surface area contributed by atoms with Gasteiger partial charge in [0.1, 0.15) is 11.2 Å². The van der Waals surface area contributed by atoms with Gasteiger partial charge in [-0.1, -0.05) is 60.3 Å². The highest BCUT2D eigenvalue weighted by Gasteiger charge is 2.25. The predicted molar refractivity (Wildman–Crippen MR) is 177 cm³/mol. The third kappa shape index (κ3) is 6.07. The number of pyridine rings is 1. The highest BCUT2D eigenvalue weighted by atomic mass is 32.2. The van der Waals surface area contributed by atoms with Crippen LogP contribution in [0.15, 0.2) is 119 Å². The Hall–Kier alpha value is -4.95. The fourth-order valence-corrected chi connectivity index (χ4v) is 6.62. The Morgan fingerprint density at radius 3 is 2.55 bits per heavy atom. The smallest absolute Gasteiger partial charge is 0.282 e. The number of hydrogen-bond donors (Lipinski definition) is 1. The van der Waals surface area contributed by atoms with Gasteiger partial charge in [-0.05, 0) is 66.6 Å². The summed E-state index contributed by atoms with van der Waals surface area (Å²) in [5.41, 5.74) is 4.76. The zero-order chi connectivity index (χ0) is 30.6. The molecule has 1 aromatic heterocycles. The van der Waals surface area contributed by atoms with Gasteiger partial charge < -0.3 is 10.2 Å². The first-order valence-corrected chi connectivity index (χ1v) is 15.4. The molecule has 2 aliphatic rings. The maximum Gasteiger partial charge on any atom is 0.282 e. The van der Waals surface area contributed by atoms with Gasteiger partial charge in [0.05, 0.1) is 24.3 Å². The van der Waals surface area contributed by atoms with Crippen molar-refractivity contribution >= 4 is 57.7 Å². The van der Waals surface area contributed by atoms with E-state index in [-0.39, 0.29) is 24.0 Å².